The van der Waals surface area contributed by atoms with Gasteiger partial charge in [-0.15, -0.1) is 0 Å². The first-order chi connectivity index (χ1) is 11.3. The summed E-state index contributed by atoms with van der Waals surface area (Å²) in [5, 5.41) is 1.43. The molecule has 1 aromatic carbocycles. The van der Waals surface area contributed by atoms with Crippen molar-refractivity contribution in [1.29, 1.82) is 0 Å². The minimum absolute atomic E-state index is 0.988. The van der Waals surface area contributed by atoms with Crippen molar-refractivity contribution >= 4 is 10.9 Å². The number of aromatic nitrogens is 2. The third-order valence-corrected chi connectivity index (χ3v) is 4.89. The monoisotopic (exact) mass is 305 g/mol. The standard InChI is InChI=1S/C20H23N3/c1-22-13-6-10-20-18(15-22)17-8-2-3-9-19(17)23(20)14-11-16-7-4-5-12-21-16/h2-5,7-9,12H,6,10-11,13-15H2,1H3. The van der Waals surface area contributed by atoms with Gasteiger partial charge in [-0.05, 0) is 50.2 Å². The first-order valence-corrected chi connectivity index (χ1v) is 8.50. The summed E-state index contributed by atoms with van der Waals surface area (Å²) in [4.78, 5) is 6.93. The quantitative estimate of drug-likeness (QED) is 0.736. The highest BCUT2D eigenvalue weighted by Crippen LogP contribution is 2.30. The van der Waals surface area contributed by atoms with Crippen molar-refractivity contribution in [3.05, 3.63) is 65.6 Å². The molecule has 0 saturated carbocycles. The van der Waals surface area contributed by atoms with Gasteiger partial charge in [0.1, 0.15) is 0 Å². The Morgan fingerprint density at radius 1 is 1.09 bits per heavy atom. The zero-order valence-electron chi connectivity index (χ0n) is 13.7. The molecule has 0 N–H and O–H groups in total. The van der Waals surface area contributed by atoms with Crippen molar-refractivity contribution in [3.63, 3.8) is 0 Å². The molecule has 1 aliphatic rings. The molecule has 2 aromatic heterocycles. The molecule has 0 amide bonds. The number of aryl methyl sites for hydroxylation is 2. The van der Waals surface area contributed by atoms with Crippen LogP contribution in [0.25, 0.3) is 10.9 Å². The van der Waals surface area contributed by atoms with E-state index < -0.39 is 0 Å². The van der Waals surface area contributed by atoms with E-state index in [1.165, 1.54) is 47.2 Å². The van der Waals surface area contributed by atoms with Crippen molar-refractivity contribution in [2.24, 2.45) is 0 Å². The van der Waals surface area contributed by atoms with Crippen molar-refractivity contribution in [1.82, 2.24) is 14.5 Å². The summed E-state index contributed by atoms with van der Waals surface area (Å²) in [5.74, 6) is 0. The fraction of sp³-hybridized carbons (Fsp3) is 0.350. The molecule has 0 radical (unpaired) electrons. The second-order valence-corrected chi connectivity index (χ2v) is 6.51. The smallest absolute Gasteiger partial charge is 0.0486 e. The Morgan fingerprint density at radius 2 is 1.96 bits per heavy atom. The van der Waals surface area contributed by atoms with Crippen LogP contribution < -0.4 is 0 Å². The van der Waals surface area contributed by atoms with Crippen LogP contribution in [0.3, 0.4) is 0 Å². The van der Waals surface area contributed by atoms with Gasteiger partial charge in [-0.1, -0.05) is 24.3 Å². The summed E-state index contributed by atoms with van der Waals surface area (Å²) < 4.78 is 2.54. The van der Waals surface area contributed by atoms with Gasteiger partial charge in [-0.2, -0.15) is 0 Å². The lowest BCUT2D eigenvalue weighted by atomic mass is 10.1. The fourth-order valence-corrected chi connectivity index (χ4v) is 3.78. The topological polar surface area (TPSA) is 21.1 Å². The molecular formula is C20H23N3. The minimum Gasteiger partial charge on any atom is -0.344 e. The SMILES string of the molecule is CN1CCCc2c(c3ccccc3n2CCc2ccccn2)C1. The maximum atomic E-state index is 4.48. The van der Waals surface area contributed by atoms with Crippen LogP contribution in [0.15, 0.2) is 48.7 Å². The molecule has 3 aromatic rings. The predicted molar refractivity (Wildman–Crippen MR) is 94.5 cm³/mol. The Labute approximate surface area is 137 Å². The molecule has 3 heteroatoms. The summed E-state index contributed by atoms with van der Waals surface area (Å²) in [7, 11) is 2.23. The van der Waals surface area contributed by atoms with Crippen LogP contribution >= 0.6 is 0 Å². The predicted octanol–water partition coefficient (Wildman–Crippen LogP) is 3.66. The van der Waals surface area contributed by atoms with E-state index in [0.29, 0.717) is 0 Å². The molecule has 1 aliphatic heterocycles. The summed E-state index contributed by atoms with van der Waals surface area (Å²) in [5.41, 5.74) is 5.61. The maximum Gasteiger partial charge on any atom is 0.0486 e. The molecule has 118 valence electrons. The van der Waals surface area contributed by atoms with Crippen LogP contribution in [0, 0.1) is 0 Å². The van der Waals surface area contributed by atoms with Crippen molar-refractivity contribution in [2.45, 2.75) is 32.4 Å². The van der Waals surface area contributed by atoms with Crippen molar-refractivity contribution in [2.75, 3.05) is 13.6 Å². The lowest BCUT2D eigenvalue weighted by Crippen LogP contribution is -2.16. The van der Waals surface area contributed by atoms with Crippen LogP contribution in [0.5, 0.6) is 0 Å². The molecule has 0 aliphatic carbocycles. The lowest BCUT2D eigenvalue weighted by Gasteiger charge is -2.12. The van der Waals surface area contributed by atoms with E-state index in [-0.39, 0.29) is 0 Å². The summed E-state index contributed by atoms with van der Waals surface area (Å²) in [6.45, 7) is 3.26. The second-order valence-electron chi connectivity index (χ2n) is 6.51. The maximum absolute atomic E-state index is 4.48. The lowest BCUT2D eigenvalue weighted by molar-refractivity contribution is 0.333. The Hall–Kier alpha value is -2.13. The van der Waals surface area contributed by atoms with E-state index in [2.05, 4.69) is 57.9 Å². The van der Waals surface area contributed by atoms with Gasteiger partial charge < -0.3 is 9.47 Å². The molecule has 0 atom stereocenters. The highest BCUT2D eigenvalue weighted by Gasteiger charge is 2.20. The van der Waals surface area contributed by atoms with Gasteiger partial charge in [-0.3, -0.25) is 4.98 Å². The van der Waals surface area contributed by atoms with E-state index in [4.69, 9.17) is 0 Å². The van der Waals surface area contributed by atoms with E-state index in [1.54, 1.807) is 0 Å². The average Bonchev–Trinajstić information content (AvgIpc) is 2.73. The number of hydrogen-bond donors (Lipinski definition) is 0. The summed E-state index contributed by atoms with van der Waals surface area (Å²) in [6, 6.07) is 15.0. The molecule has 0 spiro atoms. The van der Waals surface area contributed by atoms with Crippen LogP contribution in [-0.2, 0) is 25.9 Å². The molecular weight excluding hydrogens is 282 g/mol. The Morgan fingerprint density at radius 3 is 2.83 bits per heavy atom. The van der Waals surface area contributed by atoms with Crippen LogP contribution in [0.4, 0.5) is 0 Å². The fourth-order valence-electron chi connectivity index (χ4n) is 3.78. The van der Waals surface area contributed by atoms with Gasteiger partial charge >= 0.3 is 0 Å². The minimum atomic E-state index is 0.988. The Balaban J connectivity index is 1.75. The Bertz CT molecular complexity index is 804. The van der Waals surface area contributed by atoms with Crippen LogP contribution in [0.2, 0.25) is 0 Å². The average molecular weight is 305 g/mol. The van der Waals surface area contributed by atoms with Gasteiger partial charge in [0.2, 0.25) is 0 Å². The van der Waals surface area contributed by atoms with E-state index in [9.17, 15) is 0 Å². The van der Waals surface area contributed by atoms with E-state index in [0.717, 1.165) is 19.5 Å². The molecule has 4 rings (SSSR count). The molecule has 0 saturated heterocycles. The molecule has 0 bridgehead atoms. The van der Waals surface area contributed by atoms with Gasteiger partial charge in [-0.25, -0.2) is 0 Å². The first-order valence-electron chi connectivity index (χ1n) is 8.50. The van der Waals surface area contributed by atoms with Gasteiger partial charge in [0.15, 0.2) is 0 Å². The third-order valence-electron chi connectivity index (χ3n) is 4.89. The normalized spacial score (nSPS) is 15.5. The van der Waals surface area contributed by atoms with Gasteiger partial charge in [0.25, 0.3) is 0 Å². The number of para-hydroxylation sites is 1. The number of rotatable bonds is 3. The van der Waals surface area contributed by atoms with E-state index in [1.807, 2.05) is 12.3 Å². The summed E-state index contributed by atoms with van der Waals surface area (Å²) in [6.07, 6.45) is 5.29. The molecule has 0 unspecified atom stereocenters. The molecule has 3 nitrogen and oxygen atoms in total. The third kappa shape index (κ3) is 2.77. The zero-order valence-corrected chi connectivity index (χ0v) is 13.7. The second kappa shape index (κ2) is 6.17. The number of fused-ring (bicyclic) bond motifs is 3. The largest absolute Gasteiger partial charge is 0.344 e. The first kappa shape index (κ1) is 14.5. The molecule has 3 heterocycles. The number of benzene rings is 1. The summed E-state index contributed by atoms with van der Waals surface area (Å²) >= 11 is 0. The number of nitrogens with zero attached hydrogens (tertiary/aromatic N) is 3. The molecule has 0 fully saturated rings. The van der Waals surface area contributed by atoms with Crippen LogP contribution in [-0.4, -0.2) is 28.0 Å². The number of hydrogen-bond acceptors (Lipinski definition) is 2. The highest BCUT2D eigenvalue weighted by molar-refractivity contribution is 5.85. The highest BCUT2D eigenvalue weighted by atomic mass is 15.1. The van der Waals surface area contributed by atoms with Crippen molar-refractivity contribution in [3.8, 4) is 0 Å². The molecule has 23 heavy (non-hydrogen) atoms. The zero-order chi connectivity index (χ0) is 15.6. The van der Waals surface area contributed by atoms with E-state index >= 15 is 0 Å². The van der Waals surface area contributed by atoms with Gasteiger partial charge in [0, 0.05) is 48.0 Å². The van der Waals surface area contributed by atoms with Crippen LogP contribution in [0.1, 0.15) is 23.4 Å². The Kier molecular flexibility index (Phi) is 3.88. The van der Waals surface area contributed by atoms with Gasteiger partial charge in [0.05, 0.1) is 0 Å². The van der Waals surface area contributed by atoms with Crippen molar-refractivity contribution < 1.29 is 0 Å². The number of pyridine rings is 1.